The van der Waals surface area contributed by atoms with Gasteiger partial charge in [-0.2, -0.15) is 0 Å². The van der Waals surface area contributed by atoms with Crippen molar-refractivity contribution in [3.63, 3.8) is 0 Å². The van der Waals surface area contributed by atoms with Gasteiger partial charge in [0.2, 0.25) is 0 Å². The number of carbonyl (C=O) groups is 1. The van der Waals surface area contributed by atoms with Crippen molar-refractivity contribution in [2.24, 2.45) is 0 Å². The standard InChI is InChI=1S/C13H9N3O9S/c1-25-13(18)9-3-2-6-14(12(9)17)26(23,24)11-5-4-8(15(19)20)7-10(11)16(21)22/h2-7H,1H3. The van der Waals surface area contributed by atoms with Gasteiger partial charge in [0.05, 0.1) is 23.0 Å². The molecule has 0 N–H and O–H groups in total. The maximum Gasteiger partial charge on any atom is 0.343 e. The molecule has 1 aromatic carbocycles. The number of pyridine rings is 1. The van der Waals surface area contributed by atoms with Crippen LogP contribution in [0.5, 0.6) is 0 Å². The van der Waals surface area contributed by atoms with Crippen molar-refractivity contribution < 1.29 is 27.8 Å². The van der Waals surface area contributed by atoms with Gasteiger partial charge in [0.1, 0.15) is 5.56 Å². The zero-order chi connectivity index (χ0) is 19.6. The summed E-state index contributed by atoms with van der Waals surface area (Å²) in [6, 6.07) is 3.92. The lowest BCUT2D eigenvalue weighted by molar-refractivity contribution is -0.396. The van der Waals surface area contributed by atoms with Gasteiger partial charge in [0, 0.05) is 12.3 Å². The van der Waals surface area contributed by atoms with Crippen molar-refractivity contribution in [3.05, 3.63) is 72.7 Å². The average molecular weight is 383 g/mol. The maximum atomic E-state index is 12.7. The van der Waals surface area contributed by atoms with Gasteiger partial charge in [-0.25, -0.2) is 17.2 Å². The highest BCUT2D eigenvalue weighted by molar-refractivity contribution is 7.90. The van der Waals surface area contributed by atoms with E-state index in [1.165, 1.54) is 0 Å². The summed E-state index contributed by atoms with van der Waals surface area (Å²) in [5.41, 5.74) is -3.68. The maximum absolute atomic E-state index is 12.7. The molecule has 0 bridgehead atoms. The Morgan fingerprint density at radius 2 is 1.81 bits per heavy atom. The van der Waals surface area contributed by atoms with Crippen molar-refractivity contribution >= 4 is 27.4 Å². The highest BCUT2D eigenvalue weighted by atomic mass is 32.2. The minimum Gasteiger partial charge on any atom is -0.465 e. The molecule has 12 nitrogen and oxygen atoms in total. The number of rotatable bonds is 5. The van der Waals surface area contributed by atoms with Gasteiger partial charge in [-0.05, 0) is 18.2 Å². The normalized spacial score (nSPS) is 11.0. The first-order valence-electron chi connectivity index (χ1n) is 6.59. The molecule has 1 aromatic heterocycles. The predicted molar refractivity (Wildman–Crippen MR) is 84.4 cm³/mol. The first kappa shape index (κ1) is 18.7. The van der Waals surface area contributed by atoms with Crippen molar-refractivity contribution in [2.75, 3.05) is 7.11 Å². The van der Waals surface area contributed by atoms with E-state index < -0.39 is 53.2 Å². The van der Waals surface area contributed by atoms with Gasteiger partial charge in [-0.15, -0.1) is 0 Å². The highest BCUT2D eigenvalue weighted by Crippen LogP contribution is 2.29. The molecular weight excluding hydrogens is 374 g/mol. The minimum absolute atomic E-state index is 0.118. The number of nitro benzene ring substituents is 2. The molecule has 0 saturated carbocycles. The number of benzene rings is 1. The Morgan fingerprint density at radius 3 is 2.35 bits per heavy atom. The van der Waals surface area contributed by atoms with Gasteiger partial charge in [0.15, 0.2) is 4.90 Å². The third-order valence-electron chi connectivity index (χ3n) is 3.21. The highest BCUT2D eigenvalue weighted by Gasteiger charge is 2.31. The number of nitro groups is 2. The van der Waals surface area contributed by atoms with Gasteiger partial charge in [-0.1, -0.05) is 0 Å². The molecule has 0 aliphatic rings. The molecule has 0 unspecified atom stereocenters. The molecule has 0 spiro atoms. The summed E-state index contributed by atoms with van der Waals surface area (Å²) in [5.74, 6) is -1.10. The Bertz CT molecular complexity index is 1090. The Hall–Kier alpha value is -3.61. The predicted octanol–water partition coefficient (Wildman–Crippen LogP) is 0.688. The van der Waals surface area contributed by atoms with E-state index in [0.717, 1.165) is 31.5 Å². The second kappa shape index (κ2) is 6.72. The van der Waals surface area contributed by atoms with Crippen molar-refractivity contribution in [2.45, 2.75) is 4.90 Å². The minimum atomic E-state index is -4.82. The van der Waals surface area contributed by atoms with Crippen LogP contribution in [0, 0.1) is 20.2 Å². The van der Waals surface area contributed by atoms with E-state index >= 15 is 0 Å². The molecule has 0 aliphatic heterocycles. The summed E-state index contributed by atoms with van der Waals surface area (Å²) in [7, 11) is -3.84. The Morgan fingerprint density at radius 1 is 1.15 bits per heavy atom. The first-order valence-corrected chi connectivity index (χ1v) is 8.03. The monoisotopic (exact) mass is 383 g/mol. The summed E-state index contributed by atoms with van der Waals surface area (Å²) >= 11 is 0. The van der Waals surface area contributed by atoms with Crippen LogP contribution in [-0.2, 0) is 14.8 Å². The van der Waals surface area contributed by atoms with E-state index in [-0.39, 0.29) is 3.97 Å². The van der Waals surface area contributed by atoms with Crippen LogP contribution in [0.1, 0.15) is 10.4 Å². The molecule has 0 amide bonds. The fourth-order valence-corrected chi connectivity index (χ4v) is 3.41. The first-order chi connectivity index (χ1) is 12.1. The quantitative estimate of drug-likeness (QED) is 0.409. The second-order valence-electron chi connectivity index (χ2n) is 4.69. The summed E-state index contributed by atoms with van der Waals surface area (Å²) < 4.78 is 29.8. The van der Waals surface area contributed by atoms with E-state index in [2.05, 4.69) is 4.74 Å². The van der Waals surface area contributed by atoms with Crippen molar-refractivity contribution in [3.8, 4) is 0 Å². The van der Waals surface area contributed by atoms with Crippen molar-refractivity contribution in [1.29, 1.82) is 0 Å². The number of non-ortho nitro benzene ring substituents is 1. The van der Waals surface area contributed by atoms with Gasteiger partial charge >= 0.3 is 5.97 Å². The number of carbonyl (C=O) groups excluding carboxylic acids is 1. The molecule has 136 valence electrons. The zero-order valence-corrected chi connectivity index (χ0v) is 13.7. The lowest BCUT2D eigenvalue weighted by Gasteiger charge is -2.09. The molecule has 2 aromatic rings. The van der Waals surface area contributed by atoms with Crippen LogP contribution in [0.3, 0.4) is 0 Å². The lowest BCUT2D eigenvalue weighted by atomic mass is 10.3. The molecule has 0 saturated heterocycles. The Balaban J connectivity index is 2.77. The summed E-state index contributed by atoms with van der Waals surface area (Å²) in [5, 5.41) is 21.9. The van der Waals surface area contributed by atoms with Crippen LogP contribution >= 0.6 is 0 Å². The molecule has 13 heteroatoms. The van der Waals surface area contributed by atoms with Gasteiger partial charge in [0.25, 0.3) is 27.0 Å². The van der Waals surface area contributed by atoms with E-state index in [1.807, 2.05) is 0 Å². The number of hydrogen-bond donors (Lipinski definition) is 0. The molecule has 2 rings (SSSR count). The van der Waals surface area contributed by atoms with Crippen LogP contribution < -0.4 is 5.56 Å². The molecule has 0 aliphatic carbocycles. The zero-order valence-electron chi connectivity index (χ0n) is 12.9. The van der Waals surface area contributed by atoms with Gasteiger partial charge in [-0.3, -0.25) is 25.0 Å². The van der Waals surface area contributed by atoms with Crippen LogP contribution in [-0.4, -0.2) is 35.3 Å². The van der Waals surface area contributed by atoms with Crippen molar-refractivity contribution in [1.82, 2.24) is 3.97 Å². The Kier molecular flexibility index (Phi) is 4.84. The second-order valence-corrected chi connectivity index (χ2v) is 6.47. The van der Waals surface area contributed by atoms with E-state index in [4.69, 9.17) is 0 Å². The molecule has 0 atom stereocenters. The summed E-state index contributed by atoms with van der Waals surface area (Å²) in [4.78, 5) is 42.6. The average Bonchev–Trinajstić information content (AvgIpc) is 2.60. The molecule has 0 radical (unpaired) electrons. The number of methoxy groups -OCH3 is 1. The molecule has 26 heavy (non-hydrogen) atoms. The number of ether oxygens (including phenoxy) is 1. The van der Waals surface area contributed by atoms with Crippen LogP contribution in [0.2, 0.25) is 0 Å². The van der Waals surface area contributed by atoms with Crippen LogP contribution in [0.4, 0.5) is 11.4 Å². The molecular formula is C13H9N3O9S. The number of esters is 1. The van der Waals surface area contributed by atoms with E-state index in [0.29, 0.717) is 12.1 Å². The SMILES string of the molecule is COC(=O)c1cccn(S(=O)(=O)c2ccc([N+](=O)[O-])cc2[N+](=O)[O-])c1=O. The third kappa shape index (κ3) is 3.14. The number of aromatic nitrogens is 1. The lowest BCUT2D eigenvalue weighted by Crippen LogP contribution is -2.31. The number of hydrogen-bond acceptors (Lipinski definition) is 9. The third-order valence-corrected chi connectivity index (χ3v) is 4.91. The summed E-state index contributed by atoms with van der Waals surface area (Å²) in [6.07, 6.45) is 0.787. The smallest absolute Gasteiger partial charge is 0.343 e. The number of nitrogens with zero attached hydrogens (tertiary/aromatic N) is 3. The topological polar surface area (TPSA) is 169 Å². The van der Waals surface area contributed by atoms with Crippen LogP contribution in [0.25, 0.3) is 0 Å². The van der Waals surface area contributed by atoms with Gasteiger partial charge < -0.3 is 4.74 Å². The van der Waals surface area contributed by atoms with Crippen LogP contribution in [0.15, 0.2) is 46.2 Å². The largest absolute Gasteiger partial charge is 0.465 e. The molecule has 1 heterocycles. The fraction of sp³-hybridized carbons (Fsp3) is 0.0769. The Labute approximate surface area is 144 Å². The summed E-state index contributed by atoms with van der Waals surface area (Å²) in [6.45, 7) is 0. The van der Waals surface area contributed by atoms with E-state index in [1.54, 1.807) is 0 Å². The fourth-order valence-electron chi connectivity index (χ4n) is 2.02. The van der Waals surface area contributed by atoms with E-state index in [9.17, 15) is 38.2 Å². The molecule has 0 fully saturated rings.